The van der Waals surface area contributed by atoms with Gasteiger partial charge in [-0.25, -0.2) is 0 Å². The maximum atomic E-state index is 12.0. The molecule has 0 saturated heterocycles. The van der Waals surface area contributed by atoms with Gasteiger partial charge in [-0.15, -0.1) is 0 Å². The van der Waals surface area contributed by atoms with Gasteiger partial charge in [-0.2, -0.15) is 5.10 Å². The van der Waals surface area contributed by atoms with E-state index in [0.717, 1.165) is 12.1 Å². The third kappa shape index (κ3) is 3.85. The van der Waals surface area contributed by atoms with Crippen LogP contribution in [0.5, 0.6) is 0 Å². The lowest BCUT2D eigenvalue weighted by molar-refractivity contribution is 0.0726. The van der Waals surface area contributed by atoms with Crippen molar-refractivity contribution in [3.05, 3.63) is 17.5 Å². The number of aromatic nitrogens is 2. The molecule has 17 heavy (non-hydrogen) atoms. The Kier molecular flexibility index (Phi) is 5.15. The Balaban J connectivity index is 2.71. The normalized spacial score (nSPS) is 10.9. The lowest BCUT2D eigenvalue weighted by Gasteiger charge is -2.17. The number of amides is 1. The van der Waals surface area contributed by atoms with Crippen molar-refractivity contribution in [1.29, 1.82) is 0 Å². The molecule has 0 aliphatic rings. The number of aromatic amines is 1. The zero-order valence-electron chi connectivity index (χ0n) is 10.7. The second-order valence-corrected chi connectivity index (χ2v) is 4.48. The van der Waals surface area contributed by atoms with E-state index >= 15 is 0 Å². The quantitative estimate of drug-likeness (QED) is 0.780. The van der Waals surface area contributed by atoms with Gasteiger partial charge in [-0.3, -0.25) is 9.89 Å². The highest BCUT2D eigenvalue weighted by molar-refractivity contribution is 5.92. The van der Waals surface area contributed by atoms with Crippen LogP contribution < -0.4 is 0 Å². The molecule has 1 rings (SSSR count). The van der Waals surface area contributed by atoms with Gasteiger partial charge in [0.2, 0.25) is 0 Å². The van der Waals surface area contributed by atoms with E-state index in [1.807, 2.05) is 6.92 Å². The molecule has 96 valence electrons. The molecule has 0 atom stereocenters. The Hall–Kier alpha value is -1.36. The Morgan fingerprint density at radius 2 is 2.29 bits per heavy atom. The van der Waals surface area contributed by atoms with Crippen LogP contribution in [0.1, 0.15) is 37.0 Å². The number of nitrogens with zero attached hydrogens (tertiary/aromatic N) is 2. The highest BCUT2D eigenvalue weighted by atomic mass is 16.3. The standard InChI is InChI=1S/C12H21N3O2/c1-4-15(5-6-16)12(17)11-8-10(13-14-11)7-9(2)3/h8-9,16H,4-7H2,1-3H3,(H,13,14). The van der Waals surface area contributed by atoms with Gasteiger partial charge in [-0.1, -0.05) is 13.8 Å². The highest BCUT2D eigenvalue weighted by Gasteiger charge is 2.16. The van der Waals surface area contributed by atoms with Crippen LogP contribution in [0.25, 0.3) is 0 Å². The summed E-state index contributed by atoms with van der Waals surface area (Å²) >= 11 is 0. The molecule has 0 aromatic carbocycles. The zero-order chi connectivity index (χ0) is 12.8. The molecule has 0 bridgehead atoms. The molecule has 0 radical (unpaired) electrons. The van der Waals surface area contributed by atoms with Gasteiger partial charge in [0.15, 0.2) is 0 Å². The number of carbonyl (C=O) groups is 1. The fourth-order valence-corrected chi connectivity index (χ4v) is 1.70. The van der Waals surface area contributed by atoms with Crippen LogP contribution in [-0.4, -0.2) is 45.8 Å². The van der Waals surface area contributed by atoms with E-state index in [9.17, 15) is 4.79 Å². The molecule has 0 spiro atoms. The van der Waals surface area contributed by atoms with Crippen LogP contribution in [-0.2, 0) is 6.42 Å². The van der Waals surface area contributed by atoms with E-state index in [0.29, 0.717) is 24.7 Å². The maximum Gasteiger partial charge on any atom is 0.274 e. The van der Waals surface area contributed by atoms with E-state index in [1.165, 1.54) is 0 Å². The van der Waals surface area contributed by atoms with Crippen molar-refractivity contribution >= 4 is 5.91 Å². The minimum atomic E-state index is -0.132. The lowest BCUT2D eigenvalue weighted by atomic mass is 10.1. The van der Waals surface area contributed by atoms with Crippen LogP contribution in [0.15, 0.2) is 6.07 Å². The summed E-state index contributed by atoms with van der Waals surface area (Å²) in [5, 5.41) is 15.8. The maximum absolute atomic E-state index is 12.0. The molecule has 2 N–H and O–H groups in total. The van der Waals surface area contributed by atoms with Gasteiger partial charge in [-0.05, 0) is 25.3 Å². The third-order valence-corrected chi connectivity index (χ3v) is 2.52. The summed E-state index contributed by atoms with van der Waals surface area (Å²) in [5.74, 6) is 0.394. The SMILES string of the molecule is CCN(CCO)C(=O)c1cc(CC(C)C)[nH]n1. The number of carbonyl (C=O) groups excluding carboxylic acids is 1. The largest absolute Gasteiger partial charge is 0.395 e. The van der Waals surface area contributed by atoms with Crippen LogP contribution in [0.3, 0.4) is 0 Å². The Morgan fingerprint density at radius 3 is 2.82 bits per heavy atom. The van der Waals surface area contributed by atoms with Crippen LogP contribution in [0.2, 0.25) is 0 Å². The summed E-state index contributed by atoms with van der Waals surface area (Å²) in [6.07, 6.45) is 0.881. The molecule has 1 aromatic heterocycles. The number of H-pyrrole nitrogens is 1. The van der Waals surface area contributed by atoms with Crippen molar-refractivity contribution in [3.63, 3.8) is 0 Å². The first kappa shape index (κ1) is 13.7. The van der Waals surface area contributed by atoms with Gasteiger partial charge >= 0.3 is 0 Å². The topological polar surface area (TPSA) is 69.2 Å². The van der Waals surface area contributed by atoms with Gasteiger partial charge in [0.1, 0.15) is 5.69 Å². The summed E-state index contributed by atoms with van der Waals surface area (Å²) in [6.45, 7) is 7.02. The number of hydrogen-bond acceptors (Lipinski definition) is 3. The molecular formula is C12H21N3O2. The number of nitrogens with one attached hydrogen (secondary N) is 1. The summed E-state index contributed by atoms with van der Waals surface area (Å²) in [7, 11) is 0. The molecule has 1 aromatic rings. The summed E-state index contributed by atoms with van der Waals surface area (Å²) in [4.78, 5) is 13.6. The van der Waals surface area contributed by atoms with E-state index in [4.69, 9.17) is 5.11 Å². The van der Waals surface area contributed by atoms with E-state index in [1.54, 1.807) is 11.0 Å². The molecule has 0 aliphatic carbocycles. The lowest BCUT2D eigenvalue weighted by Crippen LogP contribution is -2.33. The summed E-state index contributed by atoms with van der Waals surface area (Å²) < 4.78 is 0. The number of hydrogen-bond donors (Lipinski definition) is 2. The zero-order valence-corrected chi connectivity index (χ0v) is 10.7. The minimum absolute atomic E-state index is 0.0249. The Labute approximate surface area is 102 Å². The third-order valence-electron chi connectivity index (χ3n) is 2.52. The van der Waals surface area contributed by atoms with Gasteiger partial charge in [0.25, 0.3) is 5.91 Å². The van der Waals surface area contributed by atoms with E-state index < -0.39 is 0 Å². The summed E-state index contributed by atoms with van der Waals surface area (Å²) in [6, 6.07) is 1.79. The first-order chi connectivity index (χ1) is 8.08. The molecule has 0 aliphatic heterocycles. The van der Waals surface area contributed by atoms with Crippen LogP contribution in [0.4, 0.5) is 0 Å². The molecule has 0 fully saturated rings. The number of aliphatic hydroxyl groups excluding tert-OH is 1. The van der Waals surface area contributed by atoms with Gasteiger partial charge < -0.3 is 10.0 Å². The Morgan fingerprint density at radius 1 is 1.59 bits per heavy atom. The Bertz CT molecular complexity index is 360. The predicted octanol–water partition coefficient (Wildman–Crippen LogP) is 1.06. The van der Waals surface area contributed by atoms with Crippen molar-refractivity contribution in [3.8, 4) is 0 Å². The molecule has 5 nitrogen and oxygen atoms in total. The van der Waals surface area contributed by atoms with Crippen molar-refractivity contribution < 1.29 is 9.90 Å². The number of aliphatic hydroxyl groups is 1. The van der Waals surface area contributed by atoms with Crippen LogP contribution >= 0.6 is 0 Å². The number of rotatable bonds is 6. The smallest absolute Gasteiger partial charge is 0.274 e. The molecule has 1 heterocycles. The molecular weight excluding hydrogens is 218 g/mol. The molecule has 0 unspecified atom stereocenters. The fourth-order valence-electron chi connectivity index (χ4n) is 1.70. The first-order valence-electron chi connectivity index (χ1n) is 6.02. The van der Waals surface area contributed by atoms with Gasteiger partial charge in [0.05, 0.1) is 6.61 Å². The summed E-state index contributed by atoms with van der Waals surface area (Å²) in [5.41, 5.74) is 1.40. The highest BCUT2D eigenvalue weighted by Crippen LogP contribution is 2.08. The molecule has 5 heteroatoms. The monoisotopic (exact) mass is 239 g/mol. The van der Waals surface area contributed by atoms with Crippen molar-refractivity contribution in [2.75, 3.05) is 19.7 Å². The average Bonchev–Trinajstić information content (AvgIpc) is 2.72. The van der Waals surface area contributed by atoms with E-state index in [2.05, 4.69) is 24.0 Å². The van der Waals surface area contributed by atoms with Crippen molar-refractivity contribution in [2.45, 2.75) is 27.2 Å². The van der Waals surface area contributed by atoms with Crippen molar-refractivity contribution in [1.82, 2.24) is 15.1 Å². The number of likely N-dealkylation sites (N-methyl/N-ethyl adjacent to an activating group) is 1. The van der Waals surface area contributed by atoms with Gasteiger partial charge in [0, 0.05) is 18.8 Å². The molecule has 1 amide bonds. The predicted molar refractivity (Wildman–Crippen MR) is 65.8 cm³/mol. The molecule has 0 saturated carbocycles. The first-order valence-corrected chi connectivity index (χ1v) is 6.02. The van der Waals surface area contributed by atoms with Crippen LogP contribution in [0, 0.1) is 5.92 Å². The van der Waals surface area contributed by atoms with Crippen molar-refractivity contribution in [2.24, 2.45) is 5.92 Å². The second kappa shape index (κ2) is 6.39. The second-order valence-electron chi connectivity index (χ2n) is 4.48. The average molecular weight is 239 g/mol. The van der Waals surface area contributed by atoms with E-state index in [-0.39, 0.29) is 12.5 Å². The minimum Gasteiger partial charge on any atom is -0.395 e. The fraction of sp³-hybridized carbons (Fsp3) is 0.667.